The molecule has 0 saturated carbocycles. The lowest BCUT2D eigenvalue weighted by Crippen LogP contribution is -2.27. The van der Waals surface area contributed by atoms with Crippen LogP contribution in [-0.4, -0.2) is 18.0 Å². The molecule has 0 N–H and O–H groups in total. The van der Waals surface area contributed by atoms with Crippen molar-refractivity contribution in [2.45, 2.75) is 25.8 Å². The van der Waals surface area contributed by atoms with Gasteiger partial charge in [-0.1, -0.05) is 43.3 Å². The van der Waals surface area contributed by atoms with E-state index in [1.165, 1.54) is 5.57 Å². The Morgan fingerprint density at radius 2 is 2.40 bits per heavy atom. The van der Waals surface area contributed by atoms with Gasteiger partial charge in [0.05, 0.1) is 6.04 Å². The van der Waals surface area contributed by atoms with Crippen LogP contribution >= 0.6 is 11.6 Å². The predicted molar refractivity (Wildman–Crippen MR) is 67.8 cm³/mol. The second-order valence-electron chi connectivity index (χ2n) is 3.65. The van der Waals surface area contributed by atoms with Gasteiger partial charge in [0, 0.05) is 18.5 Å². The first-order valence-electron chi connectivity index (χ1n) is 5.26. The summed E-state index contributed by atoms with van der Waals surface area (Å²) in [7, 11) is 2.05. The van der Waals surface area contributed by atoms with Crippen molar-refractivity contribution in [1.82, 2.24) is 4.90 Å². The van der Waals surface area contributed by atoms with E-state index in [4.69, 9.17) is 11.6 Å². The maximum absolute atomic E-state index is 5.98. The lowest BCUT2D eigenvalue weighted by molar-refractivity contribution is 0.366. The summed E-state index contributed by atoms with van der Waals surface area (Å²) in [4.78, 5) is 2.13. The van der Waals surface area contributed by atoms with Crippen molar-refractivity contribution in [3.63, 3.8) is 0 Å². The van der Waals surface area contributed by atoms with Crippen LogP contribution in [0.3, 0.4) is 0 Å². The van der Waals surface area contributed by atoms with Crippen LogP contribution in [0.2, 0.25) is 0 Å². The molecule has 2 heteroatoms. The zero-order valence-electron chi connectivity index (χ0n) is 9.41. The van der Waals surface area contributed by atoms with Gasteiger partial charge in [0.25, 0.3) is 0 Å². The Morgan fingerprint density at radius 1 is 1.67 bits per heavy atom. The fraction of sp³-hybridized carbons (Fsp3) is 0.385. The highest BCUT2D eigenvalue weighted by Gasteiger charge is 2.13. The summed E-state index contributed by atoms with van der Waals surface area (Å²) in [5, 5.41) is 0.886. The molecule has 0 fully saturated rings. The Kier molecular flexibility index (Phi) is 4.70. The average molecular weight is 224 g/mol. The van der Waals surface area contributed by atoms with Crippen molar-refractivity contribution in [3.05, 3.63) is 47.7 Å². The molecule has 0 unspecified atom stereocenters. The number of hydrogen-bond acceptors (Lipinski definition) is 1. The van der Waals surface area contributed by atoms with Crippen molar-refractivity contribution in [3.8, 4) is 0 Å². The first-order chi connectivity index (χ1) is 7.19. The Balaban J connectivity index is 2.82. The molecule has 0 radical (unpaired) electrons. The third-order valence-electron chi connectivity index (χ3n) is 2.65. The van der Waals surface area contributed by atoms with Gasteiger partial charge in [-0.05, 0) is 24.3 Å². The van der Waals surface area contributed by atoms with Crippen molar-refractivity contribution >= 4 is 11.6 Å². The summed E-state index contributed by atoms with van der Waals surface area (Å²) in [6.07, 6.45) is 12.0. The summed E-state index contributed by atoms with van der Waals surface area (Å²) >= 11 is 5.98. The fourth-order valence-corrected chi connectivity index (χ4v) is 1.90. The zero-order valence-corrected chi connectivity index (χ0v) is 10.2. The van der Waals surface area contributed by atoms with E-state index < -0.39 is 0 Å². The third-order valence-corrected chi connectivity index (χ3v) is 2.93. The van der Waals surface area contributed by atoms with Crippen LogP contribution in [0.15, 0.2) is 47.7 Å². The molecule has 1 aliphatic rings. The lowest BCUT2D eigenvalue weighted by Gasteiger charge is -2.26. The molecule has 0 amide bonds. The first kappa shape index (κ1) is 12.1. The van der Waals surface area contributed by atoms with E-state index in [9.17, 15) is 0 Å². The quantitative estimate of drug-likeness (QED) is 0.700. The molecule has 1 atom stereocenters. The van der Waals surface area contributed by atoms with E-state index in [0.29, 0.717) is 6.04 Å². The fourth-order valence-electron chi connectivity index (χ4n) is 1.75. The van der Waals surface area contributed by atoms with Gasteiger partial charge in [-0.2, -0.15) is 0 Å². The molecule has 0 aromatic carbocycles. The third kappa shape index (κ3) is 3.28. The number of halogens is 1. The van der Waals surface area contributed by atoms with Gasteiger partial charge in [-0.25, -0.2) is 0 Å². The largest absolute Gasteiger partial charge is 0.374 e. The number of nitrogens with zero attached hydrogens (tertiary/aromatic N) is 1. The molecule has 0 bridgehead atoms. The standard InChI is InChI=1S/C13H18ClN/c1-4-13(15(3)5-2)11-7-6-8-12(14)10-9-11/h5-9,13H,2,4,10H2,1,3H3/t13-/m1/s1. The molecule has 0 aromatic heterocycles. The summed E-state index contributed by atoms with van der Waals surface area (Å²) in [6.45, 7) is 5.98. The van der Waals surface area contributed by atoms with Crippen LogP contribution in [0.25, 0.3) is 0 Å². The molecule has 1 aliphatic carbocycles. The van der Waals surface area contributed by atoms with Gasteiger partial charge in [-0.15, -0.1) is 0 Å². The molecular weight excluding hydrogens is 206 g/mol. The van der Waals surface area contributed by atoms with E-state index in [-0.39, 0.29) is 0 Å². The van der Waals surface area contributed by atoms with Crippen LogP contribution in [-0.2, 0) is 0 Å². The molecule has 0 heterocycles. The highest BCUT2D eigenvalue weighted by atomic mass is 35.5. The van der Waals surface area contributed by atoms with E-state index in [1.807, 2.05) is 18.4 Å². The Labute approximate surface area is 97.4 Å². The van der Waals surface area contributed by atoms with Crippen LogP contribution in [0.1, 0.15) is 19.8 Å². The minimum atomic E-state index is 0.398. The summed E-state index contributed by atoms with van der Waals surface area (Å²) in [6, 6.07) is 0.398. The molecule has 0 spiro atoms. The smallest absolute Gasteiger partial charge is 0.0527 e. The summed E-state index contributed by atoms with van der Waals surface area (Å²) < 4.78 is 0. The molecule has 82 valence electrons. The van der Waals surface area contributed by atoms with Crippen LogP contribution in [0.5, 0.6) is 0 Å². The number of allylic oxidation sites excluding steroid dienone is 4. The lowest BCUT2D eigenvalue weighted by atomic mass is 10.0. The maximum atomic E-state index is 5.98. The Hall–Kier alpha value is -0.950. The van der Waals surface area contributed by atoms with Gasteiger partial charge >= 0.3 is 0 Å². The van der Waals surface area contributed by atoms with Gasteiger partial charge < -0.3 is 4.90 Å². The highest BCUT2D eigenvalue weighted by molar-refractivity contribution is 6.29. The minimum absolute atomic E-state index is 0.398. The topological polar surface area (TPSA) is 3.24 Å². The average Bonchev–Trinajstić information content (AvgIpc) is 2.45. The van der Waals surface area contributed by atoms with Crippen LogP contribution < -0.4 is 0 Å². The predicted octanol–water partition coefficient (Wildman–Crippen LogP) is 3.85. The highest BCUT2D eigenvalue weighted by Crippen LogP contribution is 2.21. The molecular formula is C13H18ClN. The molecule has 0 saturated heterocycles. The second kappa shape index (κ2) is 5.82. The van der Waals surface area contributed by atoms with Gasteiger partial charge in [0.1, 0.15) is 0 Å². The summed E-state index contributed by atoms with van der Waals surface area (Å²) in [5.74, 6) is 0. The number of likely N-dealkylation sites (N-methyl/N-ethyl adjacent to an activating group) is 1. The molecule has 15 heavy (non-hydrogen) atoms. The maximum Gasteiger partial charge on any atom is 0.0527 e. The van der Waals surface area contributed by atoms with E-state index in [2.05, 4.69) is 37.6 Å². The van der Waals surface area contributed by atoms with Crippen LogP contribution in [0.4, 0.5) is 0 Å². The van der Waals surface area contributed by atoms with E-state index >= 15 is 0 Å². The second-order valence-corrected chi connectivity index (χ2v) is 4.14. The van der Waals surface area contributed by atoms with Crippen LogP contribution in [0, 0.1) is 0 Å². The Bertz CT molecular complexity index is 312. The van der Waals surface area contributed by atoms with E-state index in [0.717, 1.165) is 17.9 Å². The SMILES string of the molecule is C=CN(C)[C@H](CC)C1=CCC(Cl)=CC=C1. The van der Waals surface area contributed by atoms with Gasteiger partial charge in [0.15, 0.2) is 0 Å². The first-order valence-corrected chi connectivity index (χ1v) is 5.64. The normalized spacial score (nSPS) is 17.5. The van der Waals surface area contributed by atoms with Gasteiger partial charge in [0.2, 0.25) is 0 Å². The molecule has 1 nitrogen and oxygen atoms in total. The van der Waals surface area contributed by atoms with E-state index in [1.54, 1.807) is 0 Å². The minimum Gasteiger partial charge on any atom is -0.374 e. The van der Waals surface area contributed by atoms with Gasteiger partial charge in [-0.3, -0.25) is 0 Å². The van der Waals surface area contributed by atoms with Crippen molar-refractivity contribution in [2.75, 3.05) is 7.05 Å². The number of rotatable bonds is 4. The monoisotopic (exact) mass is 223 g/mol. The molecule has 0 aromatic rings. The zero-order chi connectivity index (χ0) is 11.3. The van der Waals surface area contributed by atoms with Crippen molar-refractivity contribution < 1.29 is 0 Å². The van der Waals surface area contributed by atoms with Crippen molar-refractivity contribution in [1.29, 1.82) is 0 Å². The number of hydrogen-bond donors (Lipinski definition) is 0. The molecule has 0 aliphatic heterocycles. The Morgan fingerprint density at radius 3 is 3.00 bits per heavy atom. The molecule has 1 rings (SSSR count). The van der Waals surface area contributed by atoms with Crippen molar-refractivity contribution in [2.24, 2.45) is 0 Å². The summed E-state index contributed by atoms with van der Waals surface area (Å²) in [5.41, 5.74) is 1.31.